The highest BCUT2D eigenvalue weighted by Crippen LogP contribution is 2.28. The third-order valence-electron chi connectivity index (χ3n) is 5.21. The van der Waals surface area contributed by atoms with Gasteiger partial charge in [0.15, 0.2) is 0 Å². The highest BCUT2D eigenvalue weighted by Gasteiger charge is 2.19. The molecule has 0 atom stereocenters. The molecule has 158 valence electrons. The molecule has 0 radical (unpaired) electrons. The van der Waals surface area contributed by atoms with E-state index >= 15 is 0 Å². The van der Waals surface area contributed by atoms with Crippen molar-refractivity contribution in [1.29, 1.82) is 5.26 Å². The van der Waals surface area contributed by atoms with Gasteiger partial charge in [0.2, 0.25) is 10.3 Å². The number of benzene rings is 1. The third-order valence-corrected chi connectivity index (χ3v) is 6.35. The maximum absolute atomic E-state index is 12.7. The first-order valence-corrected chi connectivity index (χ1v) is 11.1. The molecule has 3 aromatic rings. The third kappa shape index (κ3) is 4.48. The summed E-state index contributed by atoms with van der Waals surface area (Å²) in [5, 5.41) is 22.3. The first-order valence-electron chi connectivity index (χ1n) is 9.93. The zero-order valence-electron chi connectivity index (χ0n) is 17.2. The molecule has 1 aromatic carbocycles. The molecule has 0 aliphatic carbocycles. The molecule has 1 aliphatic rings. The van der Waals surface area contributed by atoms with E-state index in [0.717, 1.165) is 53.7 Å². The van der Waals surface area contributed by atoms with Gasteiger partial charge in [0.1, 0.15) is 11.6 Å². The number of hydrogen-bond donors (Lipinski definition) is 1. The Morgan fingerprint density at radius 1 is 1.26 bits per heavy atom. The van der Waals surface area contributed by atoms with Gasteiger partial charge in [-0.2, -0.15) is 5.26 Å². The van der Waals surface area contributed by atoms with Crippen molar-refractivity contribution in [3.05, 3.63) is 57.9 Å². The van der Waals surface area contributed by atoms with Crippen molar-refractivity contribution in [2.24, 2.45) is 0 Å². The molecule has 1 saturated heterocycles. The molecule has 2 aromatic heterocycles. The van der Waals surface area contributed by atoms with Crippen molar-refractivity contribution in [1.82, 2.24) is 14.8 Å². The second-order valence-corrected chi connectivity index (χ2v) is 8.74. The fourth-order valence-corrected chi connectivity index (χ4v) is 4.69. The predicted molar refractivity (Wildman–Crippen MR) is 124 cm³/mol. The van der Waals surface area contributed by atoms with Gasteiger partial charge in [0.05, 0.1) is 0 Å². The van der Waals surface area contributed by atoms with Crippen molar-refractivity contribution < 1.29 is 4.79 Å². The minimum absolute atomic E-state index is 0.00395. The highest BCUT2D eigenvalue weighted by atomic mass is 35.5. The van der Waals surface area contributed by atoms with Crippen molar-refractivity contribution in [3.8, 4) is 11.8 Å². The summed E-state index contributed by atoms with van der Waals surface area (Å²) in [6.45, 7) is 5.82. The number of hydrogen-bond acceptors (Lipinski definition) is 6. The molecule has 0 bridgehead atoms. The lowest BCUT2D eigenvalue weighted by Gasteiger charge is -2.10. The van der Waals surface area contributed by atoms with Crippen LogP contribution in [-0.4, -0.2) is 33.8 Å². The van der Waals surface area contributed by atoms with E-state index in [9.17, 15) is 10.1 Å². The van der Waals surface area contributed by atoms with Crippen molar-refractivity contribution in [2.75, 3.05) is 23.3 Å². The molecular weight excluding hydrogens is 432 g/mol. The number of nitriles is 1. The second-order valence-electron chi connectivity index (χ2n) is 7.35. The molecule has 1 N–H and O–H groups in total. The number of nitrogens with one attached hydrogen (secondary N) is 1. The summed E-state index contributed by atoms with van der Waals surface area (Å²) in [4.78, 5) is 14.8. The van der Waals surface area contributed by atoms with E-state index in [2.05, 4.69) is 20.4 Å². The molecule has 0 unspecified atom stereocenters. The van der Waals surface area contributed by atoms with Gasteiger partial charge in [0, 0.05) is 35.2 Å². The topological polar surface area (TPSA) is 86.8 Å². The summed E-state index contributed by atoms with van der Waals surface area (Å²) in [6, 6.07) is 11.5. The van der Waals surface area contributed by atoms with Crippen LogP contribution in [0.2, 0.25) is 5.02 Å². The quantitative estimate of drug-likeness (QED) is 0.446. The molecule has 1 amide bonds. The smallest absolute Gasteiger partial charge is 0.268 e. The second kappa shape index (κ2) is 8.92. The summed E-state index contributed by atoms with van der Waals surface area (Å²) in [5.41, 5.74) is 3.60. The van der Waals surface area contributed by atoms with E-state index in [1.54, 1.807) is 6.08 Å². The monoisotopic (exact) mass is 452 g/mol. The van der Waals surface area contributed by atoms with Crippen LogP contribution < -0.4 is 10.2 Å². The molecule has 31 heavy (non-hydrogen) atoms. The summed E-state index contributed by atoms with van der Waals surface area (Å²) in [5.74, 6) is -0.501. The van der Waals surface area contributed by atoms with Gasteiger partial charge in [-0.05, 0) is 62.6 Å². The molecule has 1 aliphatic heterocycles. The minimum atomic E-state index is -0.501. The van der Waals surface area contributed by atoms with E-state index < -0.39 is 5.91 Å². The first kappa shape index (κ1) is 21.1. The van der Waals surface area contributed by atoms with Crippen LogP contribution in [0.25, 0.3) is 11.8 Å². The number of rotatable bonds is 5. The average molecular weight is 453 g/mol. The Balaban J connectivity index is 1.56. The molecule has 3 heterocycles. The zero-order valence-corrected chi connectivity index (χ0v) is 18.8. The molecule has 0 saturated carbocycles. The number of anilines is 2. The van der Waals surface area contributed by atoms with Gasteiger partial charge < -0.3 is 9.47 Å². The minimum Gasteiger partial charge on any atom is -0.347 e. The number of amides is 1. The van der Waals surface area contributed by atoms with Gasteiger partial charge in [-0.1, -0.05) is 29.0 Å². The number of aromatic nitrogens is 3. The zero-order chi connectivity index (χ0) is 22.0. The Labute approximate surface area is 189 Å². The fourth-order valence-electron chi connectivity index (χ4n) is 3.72. The van der Waals surface area contributed by atoms with Gasteiger partial charge in [0.25, 0.3) is 5.91 Å². The number of nitrogens with zero attached hydrogens (tertiary/aromatic N) is 5. The molecule has 0 spiro atoms. The first-order chi connectivity index (χ1) is 15.0. The number of carbonyl (C=O) groups excluding carboxylic acids is 1. The van der Waals surface area contributed by atoms with Crippen LogP contribution in [0.1, 0.15) is 29.8 Å². The van der Waals surface area contributed by atoms with E-state index in [4.69, 9.17) is 11.6 Å². The fraction of sp³-hybridized carbons (Fsp3) is 0.273. The lowest BCUT2D eigenvalue weighted by atomic mass is 10.1. The van der Waals surface area contributed by atoms with E-state index in [-0.39, 0.29) is 5.57 Å². The van der Waals surface area contributed by atoms with Crippen LogP contribution in [0.5, 0.6) is 0 Å². The SMILES string of the molecule is Cc1cc(/C=C(/C#N)C(=O)Nc2nnc(N3CCCC3)s2)c(C)n1-c1cccc(Cl)c1. The van der Waals surface area contributed by atoms with Gasteiger partial charge in [-0.25, -0.2) is 0 Å². The van der Waals surface area contributed by atoms with Gasteiger partial charge in [-0.3, -0.25) is 10.1 Å². The summed E-state index contributed by atoms with van der Waals surface area (Å²) >= 11 is 7.46. The van der Waals surface area contributed by atoms with Crippen LogP contribution in [0.15, 0.2) is 35.9 Å². The number of halogens is 1. The van der Waals surface area contributed by atoms with E-state index in [1.165, 1.54) is 11.3 Å². The molecule has 7 nitrogen and oxygen atoms in total. The summed E-state index contributed by atoms with van der Waals surface area (Å²) < 4.78 is 2.04. The Hall–Kier alpha value is -3.15. The normalized spacial score (nSPS) is 14.0. The van der Waals surface area contributed by atoms with Gasteiger partial charge in [-0.15, -0.1) is 10.2 Å². The van der Waals surface area contributed by atoms with Crippen LogP contribution in [0.3, 0.4) is 0 Å². The maximum Gasteiger partial charge on any atom is 0.268 e. The van der Waals surface area contributed by atoms with E-state index in [1.807, 2.05) is 54.8 Å². The predicted octanol–water partition coefficient (Wildman–Crippen LogP) is 4.74. The van der Waals surface area contributed by atoms with E-state index in [0.29, 0.717) is 10.2 Å². The molecule has 9 heteroatoms. The Morgan fingerprint density at radius 3 is 2.74 bits per heavy atom. The van der Waals surface area contributed by atoms with Crippen LogP contribution in [0, 0.1) is 25.2 Å². The Kier molecular flexibility index (Phi) is 6.07. The maximum atomic E-state index is 12.7. The molecular formula is C22H21ClN6OS. The van der Waals surface area contributed by atoms with Crippen LogP contribution in [0.4, 0.5) is 10.3 Å². The highest BCUT2D eigenvalue weighted by molar-refractivity contribution is 7.19. The average Bonchev–Trinajstić information content (AvgIpc) is 3.47. The van der Waals surface area contributed by atoms with Crippen molar-refractivity contribution in [3.63, 3.8) is 0 Å². The van der Waals surface area contributed by atoms with Crippen LogP contribution in [-0.2, 0) is 4.79 Å². The van der Waals surface area contributed by atoms with Crippen molar-refractivity contribution >= 4 is 45.2 Å². The van der Waals surface area contributed by atoms with Crippen LogP contribution >= 0.6 is 22.9 Å². The summed E-state index contributed by atoms with van der Waals surface area (Å²) in [6.07, 6.45) is 3.87. The van der Waals surface area contributed by atoms with Gasteiger partial charge >= 0.3 is 0 Å². The standard InChI is InChI=1S/C22H21ClN6OS/c1-14-10-16(15(2)29(14)19-7-5-6-18(23)12-19)11-17(13-24)20(30)25-21-26-27-22(31-21)28-8-3-4-9-28/h5-7,10-12H,3-4,8-9H2,1-2H3,(H,25,26,30)/b17-11-. The Morgan fingerprint density at radius 2 is 2.03 bits per heavy atom. The van der Waals surface area contributed by atoms with Crippen molar-refractivity contribution in [2.45, 2.75) is 26.7 Å². The largest absolute Gasteiger partial charge is 0.347 e. The Bertz CT molecular complexity index is 1200. The summed E-state index contributed by atoms with van der Waals surface area (Å²) in [7, 11) is 0. The molecule has 1 fully saturated rings. The number of aryl methyl sites for hydroxylation is 1. The lowest BCUT2D eigenvalue weighted by Crippen LogP contribution is -2.17. The number of carbonyl (C=O) groups is 1. The lowest BCUT2D eigenvalue weighted by molar-refractivity contribution is -0.112. The molecule has 4 rings (SSSR count).